The van der Waals surface area contributed by atoms with Crippen molar-refractivity contribution in [2.24, 2.45) is 10.9 Å². The first-order valence-corrected chi connectivity index (χ1v) is 10.1. The monoisotopic (exact) mass is 378 g/mol. The van der Waals surface area contributed by atoms with Gasteiger partial charge in [-0.2, -0.15) is 0 Å². The molecule has 7 heteroatoms. The number of nitrogens with one attached hydrogen (secondary N) is 2. The Morgan fingerprint density at radius 3 is 2.93 bits per heavy atom. The van der Waals surface area contributed by atoms with Crippen LogP contribution < -0.4 is 15.4 Å². The van der Waals surface area contributed by atoms with E-state index in [9.17, 15) is 0 Å². The van der Waals surface area contributed by atoms with Crippen molar-refractivity contribution in [2.75, 3.05) is 46.1 Å². The van der Waals surface area contributed by atoms with E-state index in [1.54, 1.807) is 6.20 Å². The van der Waals surface area contributed by atoms with Gasteiger partial charge in [-0.1, -0.05) is 0 Å². The van der Waals surface area contributed by atoms with Gasteiger partial charge in [-0.05, 0) is 50.7 Å². The number of aromatic nitrogens is 1. The van der Waals surface area contributed by atoms with Crippen LogP contribution in [0.4, 0.5) is 0 Å². The summed E-state index contributed by atoms with van der Waals surface area (Å²) in [6.07, 6.45) is 4.95. The van der Waals surface area contributed by atoms with Gasteiger partial charge in [-0.25, -0.2) is 9.98 Å². The van der Waals surface area contributed by atoms with Crippen molar-refractivity contribution < 1.29 is 14.2 Å². The Morgan fingerprint density at radius 1 is 1.30 bits per heavy atom. The van der Waals surface area contributed by atoms with Crippen molar-refractivity contribution >= 4 is 5.96 Å². The molecule has 1 aliphatic rings. The molecule has 0 saturated carbocycles. The number of rotatable bonds is 11. The molecule has 2 rings (SSSR count). The molecule has 0 radical (unpaired) electrons. The fourth-order valence-corrected chi connectivity index (χ4v) is 2.83. The molecule has 0 atom stereocenters. The van der Waals surface area contributed by atoms with Crippen LogP contribution in [-0.2, 0) is 16.0 Å². The Hall–Kier alpha value is -1.86. The van der Waals surface area contributed by atoms with Crippen LogP contribution in [0.2, 0.25) is 0 Å². The van der Waals surface area contributed by atoms with Crippen molar-refractivity contribution in [3.05, 3.63) is 23.9 Å². The molecule has 0 spiro atoms. The lowest BCUT2D eigenvalue weighted by atomic mass is 10.0. The smallest absolute Gasteiger partial charge is 0.213 e. The highest BCUT2D eigenvalue weighted by Crippen LogP contribution is 2.14. The van der Waals surface area contributed by atoms with Gasteiger partial charge in [0.25, 0.3) is 0 Å². The SMILES string of the molecule is CCNC(=NCc1ccnc(OCC)c1)NCCCOCC1CCOCC1. The summed E-state index contributed by atoms with van der Waals surface area (Å²) in [6.45, 7) is 10.2. The highest BCUT2D eigenvalue weighted by molar-refractivity contribution is 5.79. The molecule has 0 aromatic carbocycles. The zero-order valence-corrected chi connectivity index (χ0v) is 16.7. The second kappa shape index (κ2) is 13.3. The molecule has 152 valence electrons. The van der Waals surface area contributed by atoms with Crippen molar-refractivity contribution in [3.8, 4) is 5.88 Å². The van der Waals surface area contributed by atoms with Gasteiger partial charge in [0.05, 0.1) is 13.2 Å². The summed E-state index contributed by atoms with van der Waals surface area (Å²) in [6, 6.07) is 3.89. The molecule has 27 heavy (non-hydrogen) atoms. The molecule has 1 fully saturated rings. The minimum Gasteiger partial charge on any atom is -0.478 e. The van der Waals surface area contributed by atoms with Crippen molar-refractivity contribution in [1.82, 2.24) is 15.6 Å². The summed E-state index contributed by atoms with van der Waals surface area (Å²) in [5.41, 5.74) is 1.07. The number of nitrogens with zero attached hydrogens (tertiary/aromatic N) is 2. The van der Waals surface area contributed by atoms with Gasteiger partial charge in [-0.3, -0.25) is 0 Å². The molecule has 0 aliphatic carbocycles. The Balaban J connectivity index is 1.66. The number of guanidine groups is 1. The number of ether oxygens (including phenoxy) is 3. The molecule has 1 aromatic rings. The average Bonchev–Trinajstić information content (AvgIpc) is 2.70. The van der Waals surface area contributed by atoms with E-state index in [4.69, 9.17) is 14.2 Å². The van der Waals surface area contributed by atoms with E-state index < -0.39 is 0 Å². The van der Waals surface area contributed by atoms with Crippen LogP contribution >= 0.6 is 0 Å². The van der Waals surface area contributed by atoms with Gasteiger partial charge < -0.3 is 24.8 Å². The standard InChI is InChI=1S/C20H34N4O3/c1-3-21-20(24-15-18-6-10-22-19(14-18)27-4-2)23-9-5-11-26-16-17-7-12-25-13-8-17/h6,10,14,17H,3-5,7-9,11-13,15-16H2,1-2H3,(H2,21,23,24). The normalized spacial score (nSPS) is 15.6. The second-order valence-electron chi connectivity index (χ2n) is 6.54. The van der Waals surface area contributed by atoms with Crippen LogP contribution in [0.5, 0.6) is 5.88 Å². The summed E-state index contributed by atoms with van der Waals surface area (Å²) < 4.78 is 16.6. The predicted octanol–water partition coefficient (Wildman–Crippen LogP) is 2.37. The third-order valence-electron chi connectivity index (χ3n) is 4.31. The highest BCUT2D eigenvalue weighted by atomic mass is 16.5. The summed E-state index contributed by atoms with van der Waals surface area (Å²) in [5.74, 6) is 2.12. The highest BCUT2D eigenvalue weighted by Gasteiger charge is 2.13. The first-order chi connectivity index (χ1) is 13.3. The Labute approximate surface area is 162 Å². The Morgan fingerprint density at radius 2 is 2.15 bits per heavy atom. The molecule has 0 bridgehead atoms. The number of aliphatic imine (C=N–C) groups is 1. The van der Waals surface area contributed by atoms with E-state index in [0.29, 0.717) is 24.9 Å². The van der Waals surface area contributed by atoms with Crippen molar-refractivity contribution in [1.29, 1.82) is 0 Å². The molecular weight excluding hydrogens is 344 g/mol. The quantitative estimate of drug-likeness (QED) is 0.350. The molecule has 2 N–H and O–H groups in total. The number of hydrogen-bond acceptors (Lipinski definition) is 5. The van der Waals surface area contributed by atoms with Crippen LogP contribution in [0.3, 0.4) is 0 Å². The van der Waals surface area contributed by atoms with Gasteiger partial charge in [0, 0.05) is 51.8 Å². The largest absolute Gasteiger partial charge is 0.478 e. The van der Waals surface area contributed by atoms with E-state index in [0.717, 1.165) is 70.3 Å². The summed E-state index contributed by atoms with van der Waals surface area (Å²) in [4.78, 5) is 8.81. The molecule has 1 saturated heterocycles. The maximum Gasteiger partial charge on any atom is 0.213 e. The fourth-order valence-electron chi connectivity index (χ4n) is 2.83. The molecule has 7 nitrogen and oxygen atoms in total. The molecule has 2 heterocycles. The summed E-state index contributed by atoms with van der Waals surface area (Å²) in [5, 5.41) is 6.63. The third kappa shape index (κ3) is 9.06. The lowest BCUT2D eigenvalue weighted by Gasteiger charge is -2.21. The molecule has 0 amide bonds. The minimum absolute atomic E-state index is 0.582. The molecule has 1 aliphatic heterocycles. The van der Waals surface area contributed by atoms with Crippen LogP contribution in [-0.4, -0.2) is 57.1 Å². The predicted molar refractivity (Wildman–Crippen MR) is 107 cm³/mol. The maximum absolute atomic E-state index is 5.80. The zero-order chi connectivity index (χ0) is 19.2. The number of hydrogen-bond donors (Lipinski definition) is 2. The van der Waals surface area contributed by atoms with Gasteiger partial charge in [0.15, 0.2) is 5.96 Å². The minimum atomic E-state index is 0.582. The molecular formula is C20H34N4O3. The fraction of sp³-hybridized carbons (Fsp3) is 0.700. The second-order valence-corrected chi connectivity index (χ2v) is 6.54. The van der Waals surface area contributed by atoms with Gasteiger partial charge in [0.1, 0.15) is 0 Å². The van der Waals surface area contributed by atoms with E-state index in [-0.39, 0.29) is 0 Å². The first-order valence-electron chi connectivity index (χ1n) is 10.1. The first kappa shape index (κ1) is 21.4. The number of pyridine rings is 1. The van der Waals surface area contributed by atoms with Crippen molar-refractivity contribution in [2.45, 2.75) is 39.7 Å². The Kier molecular flexibility index (Phi) is 10.6. The van der Waals surface area contributed by atoms with Crippen LogP contribution in [0.25, 0.3) is 0 Å². The topological polar surface area (TPSA) is 77.0 Å². The van der Waals surface area contributed by atoms with Gasteiger partial charge >= 0.3 is 0 Å². The average molecular weight is 379 g/mol. The Bertz CT molecular complexity index is 548. The van der Waals surface area contributed by atoms with Crippen LogP contribution in [0, 0.1) is 5.92 Å². The van der Waals surface area contributed by atoms with Gasteiger partial charge in [0.2, 0.25) is 5.88 Å². The van der Waals surface area contributed by atoms with Crippen LogP contribution in [0.15, 0.2) is 23.3 Å². The van der Waals surface area contributed by atoms with E-state index >= 15 is 0 Å². The third-order valence-corrected chi connectivity index (χ3v) is 4.31. The molecule has 1 aromatic heterocycles. The molecule has 0 unspecified atom stereocenters. The summed E-state index contributed by atoms with van der Waals surface area (Å²) >= 11 is 0. The van der Waals surface area contributed by atoms with Gasteiger partial charge in [-0.15, -0.1) is 0 Å². The lowest BCUT2D eigenvalue weighted by Crippen LogP contribution is -2.38. The van der Waals surface area contributed by atoms with E-state index in [2.05, 4.69) is 27.5 Å². The van der Waals surface area contributed by atoms with Crippen LogP contribution in [0.1, 0.15) is 38.7 Å². The maximum atomic E-state index is 5.80. The van der Waals surface area contributed by atoms with E-state index in [1.807, 2.05) is 19.1 Å². The van der Waals surface area contributed by atoms with E-state index in [1.165, 1.54) is 0 Å². The van der Waals surface area contributed by atoms with Crippen molar-refractivity contribution in [3.63, 3.8) is 0 Å². The lowest BCUT2D eigenvalue weighted by molar-refractivity contribution is 0.0203. The summed E-state index contributed by atoms with van der Waals surface area (Å²) in [7, 11) is 0. The zero-order valence-electron chi connectivity index (χ0n) is 16.7.